The molecule has 0 aliphatic carbocycles. The molecule has 166 valence electrons. The number of aryl methyl sites for hydroxylation is 1. The van der Waals surface area contributed by atoms with E-state index in [1.54, 1.807) is 11.3 Å². The molecule has 0 saturated carbocycles. The lowest BCUT2D eigenvalue weighted by Gasteiger charge is -2.23. The number of rotatable bonds is 6. The number of fused-ring (bicyclic) bond motifs is 1. The summed E-state index contributed by atoms with van der Waals surface area (Å²) in [4.78, 5) is 19.9. The molecule has 2 aliphatic heterocycles. The summed E-state index contributed by atoms with van der Waals surface area (Å²) in [7, 11) is 0. The van der Waals surface area contributed by atoms with Gasteiger partial charge in [0.25, 0.3) is 0 Å². The van der Waals surface area contributed by atoms with Gasteiger partial charge >= 0.3 is 0 Å². The normalized spacial score (nSPS) is 19.9. The minimum atomic E-state index is -0.258. The minimum absolute atomic E-state index is 0.0201. The lowest BCUT2D eigenvalue weighted by atomic mass is 9.99. The van der Waals surface area contributed by atoms with Crippen LogP contribution < -0.4 is 14.8 Å². The Morgan fingerprint density at radius 3 is 2.81 bits per heavy atom. The summed E-state index contributed by atoms with van der Waals surface area (Å²) in [5, 5.41) is 6.15. The van der Waals surface area contributed by atoms with Crippen molar-refractivity contribution in [2.45, 2.75) is 32.5 Å². The average molecular weight is 454 g/mol. The fourth-order valence-corrected chi connectivity index (χ4v) is 4.98. The summed E-state index contributed by atoms with van der Waals surface area (Å²) < 4.78 is 24.2. The number of thiazole rings is 1. The number of likely N-dealkylation sites (tertiary alicyclic amines) is 1. The van der Waals surface area contributed by atoms with Crippen LogP contribution in [-0.4, -0.2) is 29.1 Å². The molecule has 1 aromatic heterocycles. The number of amides is 1. The molecule has 2 aliphatic rings. The Bertz CT molecular complexity index is 1120. The van der Waals surface area contributed by atoms with Gasteiger partial charge in [0.15, 0.2) is 11.5 Å². The van der Waals surface area contributed by atoms with Crippen LogP contribution in [0.2, 0.25) is 0 Å². The number of hydrogen-bond donors (Lipinski definition) is 1. The first-order valence-corrected chi connectivity index (χ1v) is 11.5. The molecule has 32 heavy (non-hydrogen) atoms. The second-order valence-electron chi connectivity index (χ2n) is 8.19. The summed E-state index contributed by atoms with van der Waals surface area (Å²) in [5.74, 6) is 1.04. The van der Waals surface area contributed by atoms with Gasteiger partial charge in [-0.3, -0.25) is 9.69 Å². The third kappa shape index (κ3) is 4.47. The van der Waals surface area contributed by atoms with Crippen molar-refractivity contribution < 1.29 is 18.7 Å². The summed E-state index contributed by atoms with van der Waals surface area (Å²) in [6.07, 6.45) is 0.682. The summed E-state index contributed by atoms with van der Waals surface area (Å²) >= 11 is 1.62. The van der Waals surface area contributed by atoms with Crippen molar-refractivity contribution in [1.29, 1.82) is 0 Å². The zero-order valence-electron chi connectivity index (χ0n) is 17.7. The molecule has 0 unspecified atom stereocenters. The molecule has 1 fully saturated rings. The van der Waals surface area contributed by atoms with E-state index in [4.69, 9.17) is 9.47 Å². The van der Waals surface area contributed by atoms with Gasteiger partial charge in [0.05, 0.1) is 16.6 Å². The Hall–Kier alpha value is -2.97. The number of carbonyl (C=O) groups excluding carboxylic acids is 1. The largest absolute Gasteiger partial charge is 0.454 e. The number of hydrogen-bond acceptors (Lipinski definition) is 6. The van der Waals surface area contributed by atoms with Gasteiger partial charge in [-0.2, -0.15) is 0 Å². The highest BCUT2D eigenvalue weighted by Gasteiger charge is 2.37. The molecule has 0 spiro atoms. The van der Waals surface area contributed by atoms with Gasteiger partial charge in [-0.15, -0.1) is 11.3 Å². The van der Waals surface area contributed by atoms with Crippen molar-refractivity contribution >= 4 is 17.2 Å². The van der Waals surface area contributed by atoms with E-state index in [1.807, 2.05) is 37.3 Å². The van der Waals surface area contributed by atoms with Crippen LogP contribution in [0.15, 0.2) is 47.8 Å². The Morgan fingerprint density at radius 1 is 1.22 bits per heavy atom. The highest BCUT2D eigenvalue weighted by molar-refractivity contribution is 7.09. The van der Waals surface area contributed by atoms with Crippen molar-refractivity contribution in [3.63, 3.8) is 0 Å². The predicted octanol–water partition coefficient (Wildman–Crippen LogP) is 4.20. The highest BCUT2D eigenvalue weighted by Crippen LogP contribution is 2.37. The molecule has 6 nitrogen and oxygen atoms in total. The van der Waals surface area contributed by atoms with Gasteiger partial charge in [0, 0.05) is 31.1 Å². The first kappa shape index (κ1) is 20.9. The van der Waals surface area contributed by atoms with Gasteiger partial charge in [-0.1, -0.05) is 18.2 Å². The summed E-state index contributed by atoms with van der Waals surface area (Å²) in [6, 6.07) is 12.3. The second-order valence-corrected chi connectivity index (χ2v) is 9.25. The quantitative estimate of drug-likeness (QED) is 0.606. The molecule has 1 N–H and O–H groups in total. The molecule has 0 radical (unpaired) electrons. The molecule has 2 atom stereocenters. The van der Waals surface area contributed by atoms with Gasteiger partial charge < -0.3 is 14.8 Å². The van der Waals surface area contributed by atoms with E-state index in [1.165, 1.54) is 12.1 Å². The van der Waals surface area contributed by atoms with Crippen molar-refractivity contribution in [1.82, 2.24) is 15.2 Å². The Morgan fingerprint density at radius 2 is 2.03 bits per heavy atom. The molecule has 3 aromatic rings. The molecule has 1 amide bonds. The lowest BCUT2D eigenvalue weighted by molar-refractivity contribution is -0.124. The lowest BCUT2D eigenvalue weighted by Crippen LogP contribution is -2.32. The molecule has 5 rings (SSSR count). The van der Waals surface area contributed by atoms with E-state index >= 15 is 0 Å². The first-order chi connectivity index (χ1) is 15.5. The number of halogens is 1. The van der Waals surface area contributed by atoms with Crippen molar-refractivity contribution in [3.8, 4) is 11.5 Å². The predicted molar refractivity (Wildman–Crippen MR) is 119 cm³/mol. The van der Waals surface area contributed by atoms with Crippen LogP contribution in [0.4, 0.5) is 4.39 Å². The Kier molecular flexibility index (Phi) is 5.80. The number of nitrogens with zero attached hydrogens (tertiary/aromatic N) is 2. The fraction of sp³-hybridized carbons (Fsp3) is 0.333. The number of nitrogens with one attached hydrogen (secondary N) is 1. The van der Waals surface area contributed by atoms with Crippen LogP contribution in [0.1, 0.15) is 34.3 Å². The third-order valence-electron chi connectivity index (χ3n) is 5.96. The zero-order valence-corrected chi connectivity index (χ0v) is 18.5. The number of carbonyl (C=O) groups is 1. The minimum Gasteiger partial charge on any atom is -0.454 e. The van der Waals surface area contributed by atoms with Gasteiger partial charge in [-0.05, 0) is 48.7 Å². The van der Waals surface area contributed by atoms with E-state index in [-0.39, 0.29) is 30.5 Å². The van der Waals surface area contributed by atoms with E-state index in [9.17, 15) is 9.18 Å². The monoisotopic (exact) mass is 453 g/mol. The summed E-state index contributed by atoms with van der Waals surface area (Å²) in [6.45, 7) is 3.94. The molecular formula is C24H24FN3O3S. The number of benzene rings is 2. The van der Waals surface area contributed by atoms with Crippen LogP contribution in [0, 0.1) is 18.7 Å². The SMILES string of the molecule is Cc1nc(CN2C[C@H](C(=O)NCc3ccc4c(c3)OCO4)C[C@@H]2c2ccc(F)cc2)cs1. The zero-order chi connectivity index (χ0) is 22.1. The van der Waals surface area contributed by atoms with Gasteiger partial charge in [0.1, 0.15) is 5.82 Å². The van der Waals surface area contributed by atoms with Crippen LogP contribution in [0.25, 0.3) is 0 Å². The summed E-state index contributed by atoms with van der Waals surface area (Å²) in [5.41, 5.74) is 2.98. The Balaban J connectivity index is 1.28. The van der Waals surface area contributed by atoms with E-state index in [0.29, 0.717) is 31.8 Å². The maximum atomic E-state index is 13.5. The molecule has 3 heterocycles. The molecule has 2 aromatic carbocycles. The van der Waals surface area contributed by atoms with Crippen LogP contribution in [0.3, 0.4) is 0 Å². The average Bonchev–Trinajstić information content (AvgIpc) is 3.52. The van der Waals surface area contributed by atoms with Crippen molar-refractivity contribution in [3.05, 3.63) is 75.5 Å². The highest BCUT2D eigenvalue weighted by atomic mass is 32.1. The maximum absolute atomic E-state index is 13.5. The smallest absolute Gasteiger partial charge is 0.231 e. The van der Waals surface area contributed by atoms with Gasteiger partial charge in [0.2, 0.25) is 12.7 Å². The van der Waals surface area contributed by atoms with E-state index in [0.717, 1.165) is 27.6 Å². The second kappa shape index (κ2) is 8.88. The van der Waals surface area contributed by atoms with Gasteiger partial charge in [-0.25, -0.2) is 9.37 Å². The van der Waals surface area contributed by atoms with Crippen LogP contribution >= 0.6 is 11.3 Å². The Labute approximate surface area is 190 Å². The topological polar surface area (TPSA) is 63.7 Å². The van der Waals surface area contributed by atoms with E-state index < -0.39 is 0 Å². The van der Waals surface area contributed by atoms with Crippen LogP contribution in [-0.2, 0) is 17.9 Å². The molecule has 8 heteroatoms. The number of aromatic nitrogens is 1. The molecule has 0 bridgehead atoms. The van der Waals surface area contributed by atoms with Crippen molar-refractivity contribution in [2.75, 3.05) is 13.3 Å². The molecule has 1 saturated heterocycles. The van der Waals surface area contributed by atoms with Crippen molar-refractivity contribution in [2.24, 2.45) is 5.92 Å². The fourth-order valence-electron chi connectivity index (χ4n) is 4.37. The third-order valence-corrected chi connectivity index (χ3v) is 6.79. The first-order valence-electron chi connectivity index (χ1n) is 10.6. The number of ether oxygens (including phenoxy) is 2. The van der Waals surface area contributed by atoms with E-state index in [2.05, 4.69) is 20.6 Å². The molecular weight excluding hydrogens is 429 g/mol. The maximum Gasteiger partial charge on any atom is 0.231 e. The van der Waals surface area contributed by atoms with Crippen LogP contribution in [0.5, 0.6) is 11.5 Å². The standard InChI is InChI=1S/C24H24FN3O3S/c1-15-27-20(13-32-15)12-28-11-18(9-21(28)17-3-5-19(25)6-4-17)24(29)26-10-16-2-7-22-23(8-16)31-14-30-22/h2-8,13,18,21H,9-12,14H2,1H3,(H,26,29)/t18-,21-/m1/s1.